The SMILES string of the molecule is C=CC(=O)Cc1ccccc1CN1CCCCC1. The minimum atomic E-state index is 0.0982. The van der Waals surface area contributed by atoms with Crippen molar-refractivity contribution in [2.24, 2.45) is 0 Å². The van der Waals surface area contributed by atoms with Crippen LogP contribution in [0.4, 0.5) is 0 Å². The molecule has 1 aromatic rings. The first-order valence-electron chi connectivity index (χ1n) is 6.74. The van der Waals surface area contributed by atoms with Crippen LogP contribution in [0.1, 0.15) is 30.4 Å². The van der Waals surface area contributed by atoms with E-state index in [4.69, 9.17) is 0 Å². The first kappa shape index (κ1) is 13.0. The summed E-state index contributed by atoms with van der Waals surface area (Å²) in [5.41, 5.74) is 2.43. The maximum atomic E-state index is 11.5. The van der Waals surface area contributed by atoms with E-state index in [0.29, 0.717) is 6.42 Å². The van der Waals surface area contributed by atoms with E-state index in [9.17, 15) is 4.79 Å². The van der Waals surface area contributed by atoms with E-state index in [1.165, 1.54) is 44.0 Å². The third-order valence-corrected chi connectivity index (χ3v) is 3.55. The summed E-state index contributed by atoms with van der Waals surface area (Å²) in [7, 11) is 0. The Morgan fingerprint density at radius 1 is 1.17 bits per heavy atom. The van der Waals surface area contributed by atoms with E-state index in [2.05, 4.69) is 29.7 Å². The van der Waals surface area contributed by atoms with Gasteiger partial charge in [0, 0.05) is 13.0 Å². The molecule has 0 atom stereocenters. The third kappa shape index (κ3) is 3.54. The second kappa shape index (κ2) is 6.50. The van der Waals surface area contributed by atoms with E-state index in [0.717, 1.165) is 12.1 Å². The average Bonchev–Trinajstić information content (AvgIpc) is 2.42. The smallest absolute Gasteiger partial charge is 0.159 e. The summed E-state index contributed by atoms with van der Waals surface area (Å²) in [6.45, 7) is 6.88. The fourth-order valence-corrected chi connectivity index (χ4v) is 2.50. The molecule has 2 nitrogen and oxygen atoms in total. The van der Waals surface area contributed by atoms with Gasteiger partial charge in [-0.3, -0.25) is 9.69 Å². The molecule has 1 fully saturated rings. The number of hydrogen-bond donors (Lipinski definition) is 0. The zero-order chi connectivity index (χ0) is 12.8. The van der Waals surface area contributed by atoms with E-state index in [1.807, 2.05) is 6.07 Å². The number of benzene rings is 1. The van der Waals surface area contributed by atoms with Crippen LogP contribution in [-0.4, -0.2) is 23.8 Å². The van der Waals surface area contributed by atoms with Crippen LogP contribution in [0.15, 0.2) is 36.9 Å². The predicted octanol–water partition coefficient (Wildman–Crippen LogP) is 2.97. The Kier molecular flexibility index (Phi) is 4.71. The van der Waals surface area contributed by atoms with Crippen LogP contribution in [0.5, 0.6) is 0 Å². The quantitative estimate of drug-likeness (QED) is 0.741. The van der Waals surface area contributed by atoms with Crippen molar-refractivity contribution in [3.05, 3.63) is 48.0 Å². The van der Waals surface area contributed by atoms with Gasteiger partial charge in [0.1, 0.15) is 0 Å². The van der Waals surface area contributed by atoms with E-state index in [1.54, 1.807) is 0 Å². The number of carbonyl (C=O) groups excluding carboxylic acids is 1. The highest BCUT2D eigenvalue weighted by Gasteiger charge is 2.12. The van der Waals surface area contributed by atoms with Crippen LogP contribution in [0, 0.1) is 0 Å². The normalized spacial score (nSPS) is 16.4. The summed E-state index contributed by atoms with van der Waals surface area (Å²) in [6, 6.07) is 8.26. The number of ketones is 1. The molecule has 2 rings (SSSR count). The summed E-state index contributed by atoms with van der Waals surface area (Å²) in [6.07, 6.45) is 5.85. The minimum absolute atomic E-state index is 0.0982. The van der Waals surface area contributed by atoms with Gasteiger partial charge in [0.25, 0.3) is 0 Å². The molecule has 0 unspecified atom stereocenters. The molecule has 18 heavy (non-hydrogen) atoms. The summed E-state index contributed by atoms with van der Waals surface area (Å²) in [5.74, 6) is 0.0982. The highest BCUT2D eigenvalue weighted by molar-refractivity contribution is 5.91. The maximum Gasteiger partial charge on any atom is 0.159 e. The highest BCUT2D eigenvalue weighted by atomic mass is 16.1. The fourth-order valence-electron chi connectivity index (χ4n) is 2.50. The molecule has 0 spiro atoms. The molecule has 0 radical (unpaired) electrons. The Labute approximate surface area is 109 Å². The molecule has 0 N–H and O–H groups in total. The number of carbonyl (C=O) groups is 1. The van der Waals surface area contributed by atoms with Gasteiger partial charge < -0.3 is 0 Å². The average molecular weight is 243 g/mol. The maximum absolute atomic E-state index is 11.5. The van der Waals surface area contributed by atoms with Crippen molar-refractivity contribution in [1.82, 2.24) is 4.90 Å². The Bertz CT molecular complexity index is 419. The van der Waals surface area contributed by atoms with E-state index >= 15 is 0 Å². The van der Waals surface area contributed by atoms with Crippen molar-refractivity contribution >= 4 is 5.78 Å². The molecule has 2 heteroatoms. The number of nitrogens with zero attached hydrogens (tertiary/aromatic N) is 1. The van der Waals surface area contributed by atoms with Gasteiger partial charge in [-0.15, -0.1) is 0 Å². The fraction of sp³-hybridized carbons (Fsp3) is 0.438. The molecule has 96 valence electrons. The number of hydrogen-bond acceptors (Lipinski definition) is 2. The molecule has 0 aliphatic carbocycles. The number of rotatable bonds is 5. The molecule has 0 bridgehead atoms. The first-order valence-corrected chi connectivity index (χ1v) is 6.74. The van der Waals surface area contributed by atoms with Crippen molar-refractivity contribution < 1.29 is 4.79 Å². The highest BCUT2D eigenvalue weighted by Crippen LogP contribution is 2.16. The standard InChI is InChI=1S/C16H21NO/c1-2-16(18)12-14-8-4-5-9-15(14)13-17-10-6-3-7-11-17/h2,4-5,8-9H,1,3,6-7,10-13H2. The summed E-state index contributed by atoms with van der Waals surface area (Å²) in [5, 5.41) is 0. The third-order valence-electron chi connectivity index (χ3n) is 3.55. The zero-order valence-corrected chi connectivity index (χ0v) is 10.9. The van der Waals surface area contributed by atoms with E-state index < -0.39 is 0 Å². The van der Waals surface area contributed by atoms with Gasteiger partial charge >= 0.3 is 0 Å². The molecule has 1 aromatic carbocycles. The van der Waals surface area contributed by atoms with Crippen molar-refractivity contribution in [3.63, 3.8) is 0 Å². The van der Waals surface area contributed by atoms with Crippen LogP contribution in [0.2, 0.25) is 0 Å². The summed E-state index contributed by atoms with van der Waals surface area (Å²) >= 11 is 0. The van der Waals surface area contributed by atoms with Gasteiger partial charge in [0.05, 0.1) is 0 Å². The van der Waals surface area contributed by atoms with Gasteiger partial charge in [-0.05, 0) is 43.1 Å². The van der Waals surface area contributed by atoms with Gasteiger partial charge in [0.2, 0.25) is 0 Å². The van der Waals surface area contributed by atoms with Gasteiger partial charge in [-0.1, -0.05) is 37.3 Å². The van der Waals surface area contributed by atoms with Crippen molar-refractivity contribution in [3.8, 4) is 0 Å². The summed E-state index contributed by atoms with van der Waals surface area (Å²) in [4.78, 5) is 14.0. The summed E-state index contributed by atoms with van der Waals surface area (Å²) < 4.78 is 0. The van der Waals surface area contributed by atoms with Crippen LogP contribution in [-0.2, 0) is 17.8 Å². The van der Waals surface area contributed by atoms with E-state index in [-0.39, 0.29) is 5.78 Å². The number of piperidine rings is 1. The number of likely N-dealkylation sites (tertiary alicyclic amines) is 1. The molecule has 1 saturated heterocycles. The lowest BCUT2D eigenvalue weighted by atomic mass is 10.0. The molecule has 1 aliphatic rings. The Morgan fingerprint density at radius 3 is 2.50 bits per heavy atom. The second-order valence-corrected chi connectivity index (χ2v) is 4.95. The zero-order valence-electron chi connectivity index (χ0n) is 10.9. The lowest BCUT2D eigenvalue weighted by Gasteiger charge is -2.27. The van der Waals surface area contributed by atoms with Crippen LogP contribution < -0.4 is 0 Å². The van der Waals surface area contributed by atoms with Gasteiger partial charge in [-0.25, -0.2) is 0 Å². The van der Waals surface area contributed by atoms with Crippen LogP contribution in [0.25, 0.3) is 0 Å². The topological polar surface area (TPSA) is 20.3 Å². The molecule has 1 aliphatic heterocycles. The van der Waals surface area contributed by atoms with Crippen LogP contribution >= 0.6 is 0 Å². The predicted molar refractivity (Wildman–Crippen MR) is 74.5 cm³/mol. The second-order valence-electron chi connectivity index (χ2n) is 4.95. The van der Waals surface area contributed by atoms with Gasteiger partial charge in [0.15, 0.2) is 5.78 Å². The largest absolute Gasteiger partial charge is 0.299 e. The molecule has 0 aromatic heterocycles. The number of allylic oxidation sites excluding steroid dienone is 1. The Morgan fingerprint density at radius 2 is 1.83 bits per heavy atom. The lowest BCUT2D eigenvalue weighted by molar-refractivity contribution is -0.114. The van der Waals surface area contributed by atoms with Crippen molar-refractivity contribution in [2.45, 2.75) is 32.2 Å². The van der Waals surface area contributed by atoms with Gasteiger partial charge in [-0.2, -0.15) is 0 Å². The lowest BCUT2D eigenvalue weighted by Crippen LogP contribution is -2.29. The Balaban J connectivity index is 2.06. The molecular weight excluding hydrogens is 222 g/mol. The van der Waals surface area contributed by atoms with Crippen molar-refractivity contribution in [1.29, 1.82) is 0 Å². The molecule has 0 amide bonds. The molecular formula is C16H21NO. The Hall–Kier alpha value is -1.41. The van der Waals surface area contributed by atoms with Crippen molar-refractivity contribution in [2.75, 3.05) is 13.1 Å². The molecule has 0 saturated carbocycles. The first-order chi connectivity index (χ1) is 8.79. The van der Waals surface area contributed by atoms with Crippen LogP contribution in [0.3, 0.4) is 0 Å². The molecule has 1 heterocycles. The minimum Gasteiger partial charge on any atom is -0.299 e. The monoisotopic (exact) mass is 243 g/mol.